The van der Waals surface area contributed by atoms with Crippen molar-refractivity contribution in [3.63, 3.8) is 0 Å². The van der Waals surface area contributed by atoms with Gasteiger partial charge >= 0.3 is 5.69 Å². The third kappa shape index (κ3) is 3.47. The third-order valence-corrected chi connectivity index (χ3v) is 5.19. The molecule has 0 aliphatic rings. The molecule has 1 N–H and O–H groups in total. The number of aromatic amines is 1. The highest BCUT2D eigenvalue weighted by Gasteiger charge is 2.20. The summed E-state index contributed by atoms with van der Waals surface area (Å²) in [5.41, 5.74) is 1.46. The minimum atomic E-state index is -0.662. The predicted molar refractivity (Wildman–Crippen MR) is 120 cm³/mol. The lowest BCUT2D eigenvalue weighted by atomic mass is 10.2. The number of nitro groups is 1. The van der Waals surface area contributed by atoms with Gasteiger partial charge in [-0.1, -0.05) is 12.1 Å². The Hall–Kier alpha value is -4.47. The van der Waals surface area contributed by atoms with Crippen LogP contribution >= 0.6 is 0 Å². The molecule has 0 bridgehead atoms. The second kappa shape index (κ2) is 7.99. The van der Waals surface area contributed by atoms with Gasteiger partial charge in [-0.2, -0.15) is 5.10 Å². The monoisotopic (exact) mass is 433 g/mol. The zero-order valence-corrected chi connectivity index (χ0v) is 17.5. The molecule has 0 amide bonds. The van der Waals surface area contributed by atoms with Crippen molar-refractivity contribution in [3.05, 3.63) is 96.4 Å². The predicted octanol–water partition coefficient (Wildman–Crippen LogP) is 2.90. The van der Waals surface area contributed by atoms with Gasteiger partial charge in [0.1, 0.15) is 11.4 Å². The van der Waals surface area contributed by atoms with Gasteiger partial charge in [-0.3, -0.25) is 14.9 Å². The summed E-state index contributed by atoms with van der Waals surface area (Å²) in [5.74, 6) is 0.375. The molecule has 2 aromatic heterocycles. The van der Waals surface area contributed by atoms with E-state index in [-0.39, 0.29) is 5.69 Å². The first-order chi connectivity index (χ1) is 15.3. The number of fused-ring (bicyclic) bond motifs is 1. The van der Waals surface area contributed by atoms with Crippen LogP contribution in [0.5, 0.6) is 5.75 Å². The quantitative estimate of drug-likeness (QED) is 0.294. The highest BCUT2D eigenvalue weighted by molar-refractivity contribution is 5.83. The molecule has 32 heavy (non-hydrogen) atoms. The van der Waals surface area contributed by atoms with Gasteiger partial charge in [-0.05, 0) is 44.2 Å². The van der Waals surface area contributed by atoms with E-state index in [0.29, 0.717) is 33.6 Å². The normalized spacial score (nSPS) is 11.3. The Bertz CT molecular complexity index is 1510. The molecule has 0 aliphatic heterocycles. The number of para-hydroxylation sites is 1. The molecule has 0 saturated heterocycles. The second-order valence-electron chi connectivity index (χ2n) is 7.11. The molecule has 4 aromatic rings. The van der Waals surface area contributed by atoms with Crippen molar-refractivity contribution in [2.75, 3.05) is 7.11 Å². The maximum absolute atomic E-state index is 12.7. The lowest BCUT2D eigenvalue weighted by Crippen LogP contribution is -2.32. The van der Waals surface area contributed by atoms with Crippen molar-refractivity contribution >= 4 is 22.8 Å². The first-order valence-corrected chi connectivity index (χ1v) is 9.62. The Morgan fingerprint density at radius 2 is 1.88 bits per heavy atom. The Kier molecular flexibility index (Phi) is 5.19. The number of H-pyrrole nitrogens is 1. The molecule has 0 fully saturated rings. The molecule has 0 spiro atoms. The molecule has 4 rings (SSSR count). The van der Waals surface area contributed by atoms with E-state index in [1.165, 1.54) is 19.4 Å². The maximum atomic E-state index is 12.7. The van der Waals surface area contributed by atoms with Gasteiger partial charge < -0.3 is 14.3 Å². The van der Waals surface area contributed by atoms with Crippen molar-refractivity contribution < 1.29 is 9.66 Å². The first kappa shape index (κ1) is 20.8. The Labute approximate surface area is 181 Å². The summed E-state index contributed by atoms with van der Waals surface area (Å²) in [4.78, 5) is 38.8. The summed E-state index contributed by atoms with van der Waals surface area (Å²) < 4.78 is 7.57. The van der Waals surface area contributed by atoms with Crippen LogP contribution < -0.4 is 16.0 Å². The standard InChI is InChI=1S/C22H19N5O5/c1-13-10-15(12-23-26-21(28)17-6-4-5-7-18(17)24-22(26)29)14(2)25(13)19-9-8-16(32-3)11-20(19)27(30)31/h4-12H,1-3H3,(H,24,29). The van der Waals surface area contributed by atoms with E-state index in [9.17, 15) is 19.7 Å². The van der Waals surface area contributed by atoms with Gasteiger partial charge in [-0.15, -0.1) is 4.68 Å². The molecule has 0 radical (unpaired) electrons. The summed E-state index contributed by atoms with van der Waals surface area (Å²) in [5, 5.41) is 16.0. The van der Waals surface area contributed by atoms with Gasteiger partial charge in [0.2, 0.25) is 0 Å². The number of ether oxygens (including phenoxy) is 1. The van der Waals surface area contributed by atoms with Crippen LogP contribution in [0, 0.1) is 24.0 Å². The summed E-state index contributed by atoms with van der Waals surface area (Å²) in [6.07, 6.45) is 1.39. The molecule has 0 saturated carbocycles. The Morgan fingerprint density at radius 1 is 1.12 bits per heavy atom. The molecule has 0 unspecified atom stereocenters. The molecule has 10 heteroatoms. The van der Waals surface area contributed by atoms with Gasteiger partial charge in [0.15, 0.2) is 0 Å². The summed E-state index contributed by atoms with van der Waals surface area (Å²) in [7, 11) is 1.44. The average molecular weight is 433 g/mol. The van der Waals surface area contributed by atoms with E-state index >= 15 is 0 Å². The van der Waals surface area contributed by atoms with Crippen LogP contribution in [0.2, 0.25) is 0 Å². The zero-order valence-electron chi connectivity index (χ0n) is 17.5. The van der Waals surface area contributed by atoms with E-state index in [0.717, 1.165) is 10.4 Å². The van der Waals surface area contributed by atoms with Gasteiger partial charge in [0.05, 0.1) is 35.2 Å². The molecule has 0 aliphatic carbocycles. The van der Waals surface area contributed by atoms with Gasteiger partial charge in [0, 0.05) is 17.0 Å². The number of nitrogens with one attached hydrogen (secondary N) is 1. The van der Waals surface area contributed by atoms with Crippen LogP contribution in [-0.4, -0.2) is 32.5 Å². The smallest absolute Gasteiger partial charge is 0.349 e. The van der Waals surface area contributed by atoms with Crippen LogP contribution in [0.3, 0.4) is 0 Å². The third-order valence-electron chi connectivity index (χ3n) is 5.19. The number of hydrogen-bond acceptors (Lipinski definition) is 6. The lowest BCUT2D eigenvalue weighted by Gasteiger charge is -2.11. The highest BCUT2D eigenvalue weighted by atomic mass is 16.6. The lowest BCUT2D eigenvalue weighted by molar-refractivity contribution is -0.384. The van der Waals surface area contributed by atoms with Crippen molar-refractivity contribution in [2.45, 2.75) is 13.8 Å². The van der Waals surface area contributed by atoms with E-state index < -0.39 is 16.2 Å². The van der Waals surface area contributed by atoms with Gasteiger partial charge in [0.25, 0.3) is 11.2 Å². The second-order valence-corrected chi connectivity index (χ2v) is 7.11. The average Bonchev–Trinajstić information content (AvgIpc) is 3.06. The number of nitrogens with zero attached hydrogens (tertiary/aromatic N) is 4. The highest BCUT2D eigenvalue weighted by Crippen LogP contribution is 2.31. The Balaban J connectivity index is 1.82. The van der Waals surface area contributed by atoms with Crippen LogP contribution in [0.15, 0.2) is 63.2 Å². The summed E-state index contributed by atoms with van der Waals surface area (Å²) in [6, 6.07) is 13.0. The zero-order chi connectivity index (χ0) is 23.0. The molecular weight excluding hydrogens is 414 g/mol. The Morgan fingerprint density at radius 3 is 2.59 bits per heavy atom. The van der Waals surface area contributed by atoms with E-state index in [2.05, 4.69) is 10.1 Å². The number of aryl methyl sites for hydroxylation is 1. The fourth-order valence-electron chi connectivity index (χ4n) is 3.63. The fraction of sp³-hybridized carbons (Fsp3) is 0.136. The van der Waals surface area contributed by atoms with Crippen molar-refractivity contribution in [1.82, 2.24) is 14.2 Å². The molecular formula is C22H19N5O5. The van der Waals surface area contributed by atoms with Gasteiger partial charge in [-0.25, -0.2) is 4.79 Å². The molecule has 2 heterocycles. The van der Waals surface area contributed by atoms with Crippen molar-refractivity contribution in [3.8, 4) is 11.4 Å². The topological polar surface area (TPSA) is 125 Å². The number of nitro benzene ring substituents is 1. The summed E-state index contributed by atoms with van der Waals surface area (Å²) in [6.45, 7) is 3.57. The van der Waals surface area contributed by atoms with E-state index in [1.807, 2.05) is 0 Å². The minimum absolute atomic E-state index is 0.114. The molecule has 0 atom stereocenters. The number of hydrogen-bond donors (Lipinski definition) is 1. The number of benzene rings is 2. The van der Waals surface area contributed by atoms with E-state index in [1.54, 1.807) is 60.9 Å². The van der Waals surface area contributed by atoms with Crippen molar-refractivity contribution in [1.29, 1.82) is 0 Å². The molecule has 162 valence electrons. The van der Waals surface area contributed by atoms with E-state index in [4.69, 9.17) is 4.74 Å². The largest absolute Gasteiger partial charge is 0.496 e. The van der Waals surface area contributed by atoms with Crippen LogP contribution in [-0.2, 0) is 0 Å². The fourth-order valence-corrected chi connectivity index (χ4v) is 3.63. The van der Waals surface area contributed by atoms with Crippen LogP contribution in [0.4, 0.5) is 5.69 Å². The number of rotatable bonds is 5. The minimum Gasteiger partial charge on any atom is -0.496 e. The van der Waals surface area contributed by atoms with Crippen LogP contribution in [0.25, 0.3) is 16.6 Å². The number of aromatic nitrogens is 3. The maximum Gasteiger partial charge on any atom is 0.349 e. The number of methoxy groups -OCH3 is 1. The molecule has 10 nitrogen and oxygen atoms in total. The summed E-state index contributed by atoms with van der Waals surface area (Å²) >= 11 is 0. The van der Waals surface area contributed by atoms with Crippen molar-refractivity contribution in [2.24, 2.45) is 5.10 Å². The first-order valence-electron chi connectivity index (χ1n) is 9.62. The SMILES string of the molecule is COc1ccc(-n2c(C)cc(C=Nn3c(=O)[nH]c4ccccc4c3=O)c2C)c([N+](=O)[O-])c1. The molecule has 2 aromatic carbocycles. The van der Waals surface area contributed by atoms with Crippen LogP contribution in [0.1, 0.15) is 17.0 Å².